The first-order valence-corrected chi connectivity index (χ1v) is 4.98. The summed E-state index contributed by atoms with van der Waals surface area (Å²) in [5.41, 5.74) is -0.344. The van der Waals surface area contributed by atoms with E-state index in [0.29, 0.717) is 11.3 Å². The second-order valence-electron chi connectivity index (χ2n) is 4.01. The fraction of sp³-hybridized carbons (Fsp3) is 0.333. The van der Waals surface area contributed by atoms with Crippen LogP contribution in [-0.4, -0.2) is 24.0 Å². The van der Waals surface area contributed by atoms with Crippen molar-refractivity contribution < 1.29 is 19.4 Å². The van der Waals surface area contributed by atoms with Gasteiger partial charge in [-0.15, -0.1) is 0 Å². The summed E-state index contributed by atoms with van der Waals surface area (Å²) in [7, 11) is 1.55. The van der Waals surface area contributed by atoms with E-state index in [0.717, 1.165) is 0 Å². The number of ether oxygens (including phenoxy) is 1. The zero-order valence-electron chi connectivity index (χ0n) is 8.90. The molecule has 1 aromatic carbocycles. The summed E-state index contributed by atoms with van der Waals surface area (Å²) in [5.74, 6) is -0.259. The minimum absolute atomic E-state index is 0.00165. The molecule has 1 aliphatic carbocycles. The average Bonchev–Trinajstić information content (AvgIpc) is 2.24. The lowest BCUT2D eigenvalue weighted by Crippen LogP contribution is -2.48. The van der Waals surface area contributed by atoms with Crippen LogP contribution in [0.5, 0.6) is 5.75 Å². The third kappa shape index (κ3) is 1.46. The fourth-order valence-corrected chi connectivity index (χ4v) is 2.01. The van der Waals surface area contributed by atoms with Crippen molar-refractivity contribution in [3.05, 3.63) is 29.8 Å². The van der Waals surface area contributed by atoms with E-state index in [1.165, 1.54) is 0 Å². The van der Waals surface area contributed by atoms with Gasteiger partial charge in [0.2, 0.25) is 0 Å². The third-order valence-corrected chi connectivity index (χ3v) is 3.05. The summed E-state index contributed by atoms with van der Waals surface area (Å²) in [6, 6.07) is 6.84. The zero-order valence-corrected chi connectivity index (χ0v) is 8.90. The van der Waals surface area contributed by atoms with Gasteiger partial charge in [-0.1, -0.05) is 12.1 Å². The van der Waals surface area contributed by atoms with E-state index < -0.39 is 11.4 Å². The summed E-state index contributed by atoms with van der Waals surface area (Å²) in [4.78, 5) is 22.2. The lowest BCUT2D eigenvalue weighted by atomic mass is 9.63. The Morgan fingerprint density at radius 2 is 1.88 bits per heavy atom. The number of hydrogen-bond acceptors (Lipinski definition) is 3. The summed E-state index contributed by atoms with van der Waals surface area (Å²) in [5, 5.41) is 9.20. The number of carboxylic acids is 1. The monoisotopic (exact) mass is 220 g/mol. The third-order valence-electron chi connectivity index (χ3n) is 3.05. The lowest BCUT2D eigenvalue weighted by Gasteiger charge is -2.36. The van der Waals surface area contributed by atoms with E-state index in [4.69, 9.17) is 4.74 Å². The quantitative estimate of drug-likeness (QED) is 0.835. The smallest absolute Gasteiger partial charge is 0.315 e. The van der Waals surface area contributed by atoms with Crippen molar-refractivity contribution >= 4 is 11.8 Å². The molecule has 1 fully saturated rings. The molecular formula is C12H12O4. The van der Waals surface area contributed by atoms with Gasteiger partial charge in [0.05, 0.1) is 7.11 Å². The molecule has 1 aliphatic rings. The largest absolute Gasteiger partial charge is 0.497 e. The van der Waals surface area contributed by atoms with Crippen LogP contribution in [0.2, 0.25) is 0 Å². The molecule has 4 heteroatoms. The second-order valence-corrected chi connectivity index (χ2v) is 4.01. The normalized spacial score (nSPS) is 17.7. The molecule has 1 saturated carbocycles. The Kier molecular flexibility index (Phi) is 2.42. The Morgan fingerprint density at radius 1 is 1.31 bits per heavy atom. The Bertz CT molecular complexity index is 425. The van der Waals surface area contributed by atoms with E-state index in [2.05, 4.69) is 0 Å². The molecule has 0 radical (unpaired) electrons. The number of benzene rings is 1. The van der Waals surface area contributed by atoms with Crippen molar-refractivity contribution in [1.29, 1.82) is 0 Å². The summed E-state index contributed by atoms with van der Waals surface area (Å²) < 4.78 is 5.00. The molecule has 0 atom stereocenters. The van der Waals surface area contributed by atoms with E-state index >= 15 is 0 Å². The van der Waals surface area contributed by atoms with Gasteiger partial charge in [0.15, 0.2) is 0 Å². The van der Waals surface area contributed by atoms with Crippen LogP contribution >= 0.6 is 0 Å². The summed E-state index contributed by atoms with van der Waals surface area (Å²) in [6.45, 7) is 0. The fourth-order valence-electron chi connectivity index (χ4n) is 2.01. The maximum absolute atomic E-state index is 11.2. The molecule has 0 saturated heterocycles. The molecule has 0 heterocycles. The molecule has 0 aliphatic heterocycles. The minimum Gasteiger partial charge on any atom is -0.497 e. The van der Waals surface area contributed by atoms with Crippen molar-refractivity contribution in [3.63, 3.8) is 0 Å². The first-order valence-electron chi connectivity index (χ1n) is 4.98. The lowest BCUT2D eigenvalue weighted by molar-refractivity contribution is -0.153. The van der Waals surface area contributed by atoms with Gasteiger partial charge in [0.25, 0.3) is 0 Å². The number of methoxy groups -OCH3 is 1. The van der Waals surface area contributed by atoms with E-state index in [-0.39, 0.29) is 18.6 Å². The molecule has 0 spiro atoms. The minimum atomic E-state index is -1.01. The number of carbonyl (C=O) groups excluding carboxylic acids is 1. The maximum Gasteiger partial charge on any atom is 0.315 e. The number of carbonyl (C=O) groups is 2. The molecule has 1 N–H and O–H groups in total. The van der Waals surface area contributed by atoms with Gasteiger partial charge in [-0.2, -0.15) is 0 Å². The van der Waals surface area contributed by atoms with Crippen LogP contribution < -0.4 is 4.74 Å². The molecule has 0 bridgehead atoms. The van der Waals surface area contributed by atoms with Gasteiger partial charge in [-0.05, 0) is 17.7 Å². The predicted molar refractivity (Wildman–Crippen MR) is 56.5 cm³/mol. The topological polar surface area (TPSA) is 63.6 Å². The van der Waals surface area contributed by atoms with Crippen LogP contribution in [0.15, 0.2) is 24.3 Å². The highest BCUT2D eigenvalue weighted by Gasteiger charge is 2.51. The SMILES string of the molecule is COc1ccc(C2(C(=O)O)CC(=O)C2)cc1. The summed E-state index contributed by atoms with van der Waals surface area (Å²) in [6.07, 6.45) is 0.184. The van der Waals surface area contributed by atoms with E-state index in [9.17, 15) is 14.7 Å². The van der Waals surface area contributed by atoms with Crippen molar-refractivity contribution in [3.8, 4) is 5.75 Å². The zero-order chi connectivity index (χ0) is 11.8. The highest BCUT2D eigenvalue weighted by atomic mass is 16.5. The first kappa shape index (κ1) is 10.7. The highest BCUT2D eigenvalue weighted by molar-refractivity contribution is 6.01. The van der Waals surface area contributed by atoms with Crippen molar-refractivity contribution in [2.24, 2.45) is 0 Å². The van der Waals surface area contributed by atoms with E-state index in [1.54, 1.807) is 31.4 Å². The number of rotatable bonds is 3. The maximum atomic E-state index is 11.2. The molecule has 2 rings (SSSR count). The van der Waals surface area contributed by atoms with Gasteiger partial charge in [-0.25, -0.2) is 0 Å². The number of carboxylic acid groups (broad SMARTS) is 1. The molecule has 1 aromatic rings. The van der Waals surface area contributed by atoms with E-state index in [1.807, 2.05) is 0 Å². The number of Topliss-reactive ketones (excluding diaryl/α,β-unsaturated/α-hetero) is 1. The Labute approximate surface area is 92.8 Å². The summed E-state index contributed by atoms with van der Waals surface area (Å²) >= 11 is 0. The highest BCUT2D eigenvalue weighted by Crippen LogP contribution is 2.41. The number of aliphatic carboxylic acids is 1. The van der Waals surface area contributed by atoms with Crippen LogP contribution in [0.1, 0.15) is 18.4 Å². The van der Waals surface area contributed by atoms with Gasteiger partial charge in [0, 0.05) is 12.8 Å². The Hall–Kier alpha value is -1.84. The molecule has 16 heavy (non-hydrogen) atoms. The number of hydrogen-bond donors (Lipinski definition) is 1. The van der Waals surface area contributed by atoms with Crippen molar-refractivity contribution in [1.82, 2.24) is 0 Å². The second kappa shape index (κ2) is 3.63. The van der Waals surface area contributed by atoms with Crippen LogP contribution in [0.4, 0.5) is 0 Å². The predicted octanol–water partition coefficient (Wildman–Crippen LogP) is 1.38. The van der Waals surface area contributed by atoms with Crippen molar-refractivity contribution in [2.45, 2.75) is 18.3 Å². The van der Waals surface area contributed by atoms with Crippen molar-refractivity contribution in [2.75, 3.05) is 7.11 Å². The number of ketones is 1. The van der Waals surface area contributed by atoms with Crippen LogP contribution in [-0.2, 0) is 15.0 Å². The van der Waals surface area contributed by atoms with Gasteiger partial charge in [-0.3, -0.25) is 9.59 Å². The van der Waals surface area contributed by atoms with Crippen LogP contribution in [0, 0.1) is 0 Å². The van der Waals surface area contributed by atoms with Crippen LogP contribution in [0.25, 0.3) is 0 Å². The average molecular weight is 220 g/mol. The van der Waals surface area contributed by atoms with Gasteiger partial charge >= 0.3 is 5.97 Å². The molecule has 4 nitrogen and oxygen atoms in total. The van der Waals surface area contributed by atoms with Gasteiger partial charge in [0.1, 0.15) is 16.9 Å². The Morgan fingerprint density at radius 3 is 2.25 bits per heavy atom. The Balaban J connectivity index is 2.33. The molecule has 84 valence electrons. The van der Waals surface area contributed by atoms with Gasteiger partial charge < -0.3 is 9.84 Å². The molecule has 0 aromatic heterocycles. The first-order chi connectivity index (χ1) is 7.58. The molecular weight excluding hydrogens is 208 g/mol. The molecule has 0 amide bonds. The van der Waals surface area contributed by atoms with Crippen LogP contribution in [0.3, 0.4) is 0 Å². The standard InChI is InChI=1S/C12H12O4/c1-16-10-4-2-8(3-5-10)12(11(14)15)6-9(13)7-12/h2-5H,6-7H2,1H3,(H,14,15). The molecule has 0 unspecified atom stereocenters.